The Morgan fingerprint density at radius 3 is 2.70 bits per heavy atom. The summed E-state index contributed by atoms with van der Waals surface area (Å²) in [5.41, 5.74) is 1.53. The monoisotopic (exact) mass is 316 g/mol. The third-order valence-electron chi connectivity index (χ3n) is 3.93. The molecule has 1 saturated heterocycles. The minimum atomic E-state index is -0.466. The smallest absolute Gasteiger partial charge is 0.410 e. The normalized spacial score (nSPS) is 19.2. The number of nitrogens with zero attached hydrogens (tertiary/aromatic N) is 3. The molecule has 1 atom stereocenters. The van der Waals surface area contributed by atoms with Crippen molar-refractivity contribution in [1.29, 1.82) is 0 Å². The number of aromatic nitrogens is 2. The summed E-state index contributed by atoms with van der Waals surface area (Å²) < 4.78 is 5.48. The number of para-hydroxylation sites is 2. The molecule has 1 fully saturated rings. The van der Waals surface area contributed by atoms with Crippen LogP contribution in [0.25, 0.3) is 11.0 Å². The summed E-state index contributed by atoms with van der Waals surface area (Å²) in [6.45, 7) is 9.81. The number of hydrogen-bond acceptors (Lipinski definition) is 4. The maximum absolute atomic E-state index is 12.3. The number of amides is 1. The number of carbonyl (C=O) groups is 1. The van der Waals surface area contributed by atoms with E-state index >= 15 is 0 Å². The molecule has 0 radical (unpaired) electrons. The Balaban J connectivity index is 1.69. The van der Waals surface area contributed by atoms with Crippen molar-refractivity contribution in [3.05, 3.63) is 24.3 Å². The highest BCUT2D eigenvalue weighted by Gasteiger charge is 2.31. The van der Waals surface area contributed by atoms with Crippen LogP contribution in [-0.2, 0) is 4.74 Å². The van der Waals surface area contributed by atoms with Gasteiger partial charge in [0.05, 0.1) is 11.0 Å². The third-order valence-corrected chi connectivity index (χ3v) is 3.93. The molecule has 0 bridgehead atoms. The van der Waals surface area contributed by atoms with Gasteiger partial charge in [-0.2, -0.15) is 0 Å². The molecular formula is C17H24N4O2. The number of benzene rings is 1. The summed E-state index contributed by atoms with van der Waals surface area (Å²) in [5.74, 6) is 0.863. The highest BCUT2D eigenvalue weighted by molar-refractivity contribution is 5.77. The number of anilines is 1. The molecule has 6 heteroatoms. The van der Waals surface area contributed by atoms with E-state index < -0.39 is 5.60 Å². The first-order chi connectivity index (χ1) is 10.8. The van der Waals surface area contributed by atoms with Crippen LogP contribution < -0.4 is 4.90 Å². The van der Waals surface area contributed by atoms with Gasteiger partial charge in [0.2, 0.25) is 5.95 Å². The van der Waals surface area contributed by atoms with Crippen LogP contribution in [0.1, 0.15) is 27.7 Å². The van der Waals surface area contributed by atoms with Crippen LogP contribution in [0.5, 0.6) is 0 Å². The van der Waals surface area contributed by atoms with Gasteiger partial charge in [-0.1, -0.05) is 12.1 Å². The fourth-order valence-electron chi connectivity index (χ4n) is 2.83. The average molecular weight is 316 g/mol. The largest absolute Gasteiger partial charge is 0.444 e. The lowest BCUT2D eigenvalue weighted by molar-refractivity contribution is 0.0158. The summed E-state index contributed by atoms with van der Waals surface area (Å²) in [6, 6.07) is 8.07. The molecular weight excluding hydrogens is 292 g/mol. The molecule has 1 amide bonds. The standard InChI is InChI=1S/C17H24N4O2/c1-12-11-20(9-10-21(12)16(22)23-17(2,3)4)15-18-13-7-5-6-8-14(13)19-15/h5-8,12H,9-11H2,1-4H3,(H,18,19). The van der Waals surface area contributed by atoms with Gasteiger partial charge < -0.3 is 19.5 Å². The van der Waals surface area contributed by atoms with E-state index in [4.69, 9.17) is 4.74 Å². The van der Waals surface area contributed by atoms with Gasteiger partial charge in [0.15, 0.2) is 0 Å². The van der Waals surface area contributed by atoms with Gasteiger partial charge in [0.25, 0.3) is 0 Å². The van der Waals surface area contributed by atoms with Crippen LogP contribution in [0.3, 0.4) is 0 Å². The number of aromatic amines is 1. The molecule has 0 spiro atoms. The van der Waals surface area contributed by atoms with Gasteiger partial charge in [-0.05, 0) is 39.8 Å². The SMILES string of the molecule is CC1CN(c2nc3ccccc3[nH]2)CCN1C(=O)OC(C)(C)C. The average Bonchev–Trinajstić information content (AvgIpc) is 2.89. The number of fused-ring (bicyclic) bond motifs is 1. The topological polar surface area (TPSA) is 61.5 Å². The summed E-state index contributed by atoms with van der Waals surface area (Å²) >= 11 is 0. The fraction of sp³-hybridized carbons (Fsp3) is 0.529. The maximum Gasteiger partial charge on any atom is 0.410 e. The maximum atomic E-state index is 12.3. The number of hydrogen-bond donors (Lipinski definition) is 1. The highest BCUT2D eigenvalue weighted by atomic mass is 16.6. The van der Waals surface area contributed by atoms with E-state index in [2.05, 4.69) is 14.9 Å². The molecule has 124 valence electrons. The van der Waals surface area contributed by atoms with Gasteiger partial charge in [0.1, 0.15) is 5.60 Å². The minimum Gasteiger partial charge on any atom is -0.444 e. The van der Waals surface area contributed by atoms with Crippen LogP contribution in [-0.4, -0.2) is 52.2 Å². The Morgan fingerprint density at radius 1 is 1.30 bits per heavy atom. The molecule has 0 saturated carbocycles. The lowest BCUT2D eigenvalue weighted by Gasteiger charge is -2.40. The molecule has 2 aromatic rings. The summed E-state index contributed by atoms with van der Waals surface area (Å²) in [6.07, 6.45) is -0.241. The van der Waals surface area contributed by atoms with Crippen LogP contribution in [0.4, 0.5) is 10.7 Å². The van der Waals surface area contributed by atoms with E-state index in [0.29, 0.717) is 6.54 Å². The first-order valence-electron chi connectivity index (χ1n) is 8.03. The predicted octanol–water partition coefficient (Wildman–Crippen LogP) is 3.01. The van der Waals surface area contributed by atoms with Gasteiger partial charge in [-0.25, -0.2) is 9.78 Å². The van der Waals surface area contributed by atoms with E-state index in [-0.39, 0.29) is 12.1 Å². The van der Waals surface area contributed by atoms with Crippen molar-refractivity contribution in [3.8, 4) is 0 Å². The van der Waals surface area contributed by atoms with Gasteiger partial charge in [-0.15, -0.1) is 0 Å². The Bertz CT molecular complexity index is 671. The second kappa shape index (κ2) is 5.76. The Hall–Kier alpha value is -2.24. The molecule has 1 unspecified atom stereocenters. The van der Waals surface area contributed by atoms with E-state index in [9.17, 15) is 4.79 Å². The lowest BCUT2D eigenvalue weighted by Crippen LogP contribution is -2.55. The van der Waals surface area contributed by atoms with E-state index in [1.807, 2.05) is 52.0 Å². The van der Waals surface area contributed by atoms with Gasteiger partial charge in [0, 0.05) is 25.7 Å². The number of carbonyl (C=O) groups excluding carboxylic acids is 1. The molecule has 6 nitrogen and oxygen atoms in total. The fourth-order valence-corrected chi connectivity index (χ4v) is 2.83. The Morgan fingerprint density at radius 2 is 2.04 bits per heavy atom. The molecule has 0 aliphatic carbocycles. The molecule has 3 rings (SSSR count). The first-order valence-corrected chi connectivity index (χ1v) is 8.03. The van der Waals surface area contributed by atoms with Crippen molar-refractivity contribution < 1.29 is 9.53 Å². The lowest BCUT2D eigenvalue weighted by atomic mass is 10.2. The van der Waals surface area contributed by atoms with E-state index in [1.54, 1.807) is 4.90 Å². The number of rotatable bonds is 1. The Kier molecular flexibility index (Phi) is 3.92. The zero-order valence-corrected chi connectivity index (χ0v) is 14.2. The Labute approximate surface area is 136 Å². The number of H-pyrrole nitrogens is 1. The second-order valence-electron chi connectivity index (χ2n) is 7.05. The number of imidazole rings is 1. The van der Waals surface area contributed by atoms with Crippen LogP contribution in [0, 0.1) is 0 Å². The van der Waals surface area contributed by atoms with Crippen molar-refractivity contribution in [3.63, 3.8) is 0 Å². The number of nitrogens with one attached hydrogen (secondary N) is 1. The van der Waals surface area contributed by atoms with Crippen molar-refractivity contribution in [2.45, 2.75) is 39.3 Å². The molecule has 23 heavy (non-hydrogen) atoms. The molecule has 2 heterocycles. The zero-order chi connectivity index (χ0) is 16.6. The van der Waals surface area contributed by atoms with Crippen molar-refractivity contribution >= 4 is 23.1 Å². The quantitative estimate of drug-likeness (QED) is 0.878. The number of ether oxygens (including phenoxy) is 1. The summed E-state index contributed by atoms with van der Waals surface area (Å²) in [4.78, 5) is 24.2. The molecule has 1 N–H and O–H groups in total. The van der Waals surface area contributed by atoms with Crippen molar-refractivity contribution in [2.75, 3.05) is 24.5 Å². The summed E-state index contributed by atoms with van der Waals surface area (Å²) in [5, 5.41) is 0. The molecule has 1 aromatic carbocycles. The van der Waals surface area contributed by atoms with E-state index in [0.717, 1.165) is 30.1 Å². The van der Waals surface area contributed by atoms with Crippen molar-refractivity contribution in [2.24, 2.45) is 0 Å². The van der Waals surface area contributed by atoms with Crippen molar-refractivity contribution in [1.82, 2.24) is 14.9 Å². The van der Waals surface area contributed by atoms with Crippen LogP contribution >= 0.6 is 0 Å². The molecule has 1 aliphatic rings. The number of piperazine rings is 1. The predicted molar refractivity (Wildman–Crippen MR) is 90.7 cm³/mol. The van der Waals surface area contributed by atoms with Crippen LogP contribution in [0.15, 0.2) is 24.3 Å². The van der Waals surface area contributed by atoms with Crippen LogP contribution in [0.2, 0.25) is 0 Å². The van der Waals surface area contributed by atoms with E-state index in [1.165, 1.54) is 0 Å². The highest BCUT2D eigenvalue weighted by Crippen LogP contribution is 2.21. The van der Waals surface area contributed by atoms with Gasteiger partial charge in [-0.3, -0.25) is 0 Å². The molecule has 1 aromatic heterocycles. The van der Waals surface area contributed by atoms with Gasteiger partial charge >= 0.3 is 6.09 Å². The molecule has 1 aliphatic heterocycles. The first kappa shape index (κ1) is 15.6. The summed E-state index contributed by atoms with van der Waals surface area (Å²) in [7, 11) is 0. The second-order valence-corrected chi connectivity index (χ2v) is 7.05. The minimum absolute atomic E-state index is 0.0758. The third kappa shape index (κ3) is 3.41. The zero-order valence-electron chi connectivity index (χ0n) is 14.2.